The Labute approximate surface area is 183 Å². The molecule has 2 heterocycles. The van der Waals surface area contributed by atoms with E-state index in [0.717, 1.165) is 46.0 Å². The molecule has 0 spiro atoms. The summed E-state index contributed by atoms with van der Waals surface area (Å²) in [6, 6.07) is 14.5. The number of thioether (sulfide) groups is 1. The fourth-order valence-corrected chi connectivity index (χ4v) is 5.03. The number of nitrogens with zero attached hydrogens (tertiary/aromatic N) is 3. The smallest absolute Gasteiger partial charge is 0.191 e. The van der Waals surface area contributed by atoms with Crippen LogP contribution in [0.3, 0.4) is 0 Å². The second-order valence-corrected chi connectivity index (χ2v) is 9.30. The minimum absolute atomic E-state index is 0.0279. The van der Waals surface area contributed by atoms with E-state index in [1.807, 2.05) is 24.3 Å². The number of Topliss-reactive ketones (excluding diaryl/α,β-unsaturated/α-hetero) is 1. The number of carbonyl (C=O) groups excluding carboxylic acids is 1. The van der Waals surface area contributed by atoms with Crippen molar-refractivity contribution < 1.29 is 9.18 Å². The molecule has 2 aromatic carbocycles. The Hall–Kier alpha value is -2.93. The van der Waals surface area contributed by atoms with Crippen LogP contribution >= 0.6 is 11.8 Å². The van der Waals surface area contributed by atoms with Gasteiger partial charge in [-0.3, -0.25) is 4.79 Å². The maximum absolute atomic E-state index is 13.5. The number of benzene rings is 2. The summed E-state index contributed by atoms with van der Waals surface area (Å²) < 4.78 is 15.7. The number of ketones is 1. The highest BCUT2D eigenvalue weighted by Crippen LogP contribution is 2.46. The van der Waals surface area contributed by atoms with E-state index in [0.29, 0.717) is 17.5 Å². The molecule has 0 aliphatic heterocycles. The molecule has 0 saturated heterocycles. The fraction of sp³-hybridized carbons (Fsp3) is 0.292. The molecule has 2 fully saturated rings. The van der Waals surface area contributed by atoms with Crippen molar-refractivity contribution in [3.63, 3.8) is 0 Å². The van der Waals surface area contributed by atoms with Crippen molar-refractivity contribution in [1.82, 2.24) is 19.7 Å². The van der Waals surface area contributed by atoms with E-state index >= 15 is 0 Å². The second-order valence-electron chi connectivity index (χ2n) is 8.36. The number of H-pyrrole nitrogens is 1. The van der Waals surface area contributed by atoms with Gasteiger partial charge in [-0.05, 0) is 61.6 Å². The number of rotatable bonds is 7. The molecule has 7 heteroatoms. The quantitative estimate of drug-likeness (QED) is 0.298. The number of halogens is 1. The number of hydrogen-bond acceptors (Lipinski definition) is 4. The van der Waals surface area contributed by atoms with Gasteiger partial charge in [0.25, 0.3) is 0 Å². The van der Waals surface area contributed by atoms with Crippen molar-refractivity contribution in [1.29, 1.82) is 0 Å². The number of para-hydroxylation sites is 1. The molecule has 6 rings (SSSR count). The van der Waals surface area contributed by atoms with Gasteiger partial charge in [0, 0.05) is 22.9 Å². The van der Waals surface area contributed by atoms with E-state index in [1.54, 1.807) is 12.1 Å². The van der Waals surface area contributed by atoms with E-state index in [1.165, 1.54) is 36.7 Å². The molecule has 4 aromatic rings. The SMILES string of the molecule is O=C(CSc1nnc(C2CC2)n1C1CC1)c1c(-c2ccc(F)cc2)[nH]c2ccccc12. The average Bonchev–Trinajstić information content (AvgIpc) is 3.72. The van der Waals surface area contributed by atoms with Crippen LogP contribution in [-0.2, 0) is 0 Å². The van der Waals surface area contributed by atoms with Crippen LogP contribution in [0.15, 0.2) is 53.7 Å². The number of aromatic nitrogens is 4. The summed E-state index contributed by atoms with van der Waals surface area (Å²) in [7, 11) is 0. The van der Waals surface area contributed by atoms with Crippen LogP contribution < -0.4 is 0 Å². The van der Waals surface area contributed by atoms with Gasteiger partial charge < -0.3 is 9.55 Å². The molecule has 1 N–H and O–H groups in total. The Balaban J connectivity index is 1.33. The van der Waals surface area contributed by atoms with Gasteiger partial charge in [-0.1, -0.05) is 30.0 Å². The first kappa shape index (κ1) is 18.8. The van der Waals surface area contributed by atoms with Gasteiger partial charge in [0.05, 0.1) is 17.0 Å². The van der Waals surface area contributed by atoms with Gasteiger partial charge in [0.1, 0.15) is 11.6 Å². The predicted molar refractivity (Wildman–Crippen MR) is 119 cm³/mol. The van der Waals surface area contributed by atoms with Crippen LogP contribution in [0.1, 0.15) is 53.8 Å². The number of fused-ring (bicyclic) bond motifs is 1. The normalized spacial score (nSPS) is 16.2. The minimum atomic E-state index is -0.297. The summed E-state index contributed by atoms with van der Waals surface area (Å²) in [5, 5.41) is 10.6. The van der Waals surface area contributed by atoms with Gasteiger partial charge >= 0.3 is 0 Å². The highest BCUT2D eigenvalue weighted by molar-refractivity contribution is 7.99. The zero-order chi connectivity index (χ0) is 20.9. The number of nitrogens with one attached hydrogen (secondary N) is 1. The second kappa shape index (κ2) is 7.34. The third-order valence-corrected chi connectivity index (χ3v) is 6.94. The molecule has 2 aliphatic rings. The molecule has 2 aromatic heterocycles. The predicted octanol–water partition coefficient (Wildman–Crippen LogP) is 5.75. The van der Waals surface area contributed by atoms with Crippen LogP contribution in [-0.4, -0.2) is 31.3 Å². The summed E-state index contributed by atoms with van der Waals surface area (Å²) in [5.41, 5.74) is 3.07. The maximum atomic E-state index is 13.5. The van der Waals surface area contributed by atoms with Gasteiger partial charge in [0.2, 0.25) is 0 Å². The Morgan fingerprint density at radius 3 is 2.58 bits per heavy atom. The first-order chi connectivity index (χ1) is 15.2. The van der Waals surface area contributed by atoms with Crippen molar-refractivity contribution >= 4 is 28.4 Å². The van der Waals surface area contributed by atoms with Crippen molar-refractivity contribution in [2.45, 2.75) is 42.8 Å². The molecule has 0 radical (unpaired) electrons. The van der Waals surface area contributed by atoms with Gasteiger partial charge in [-0.2, -0.15) is 0 Å². The molecular weight excluding hydrogens is 411 g/mol. The summed E-state index contributed by atoms with van der Waals surface area (Å²) >= 11 is 1.47. The fourth-order valence-electron chi connectivity index (χ4n) is 4.15. The topological polar surface area (TPSA) is 63.6 Å². The van der Waals surface area contributed by atoms with E-state index in [2.05, 4.69) is 19.7 Å². The van der Waals surface area contributed by atoms with E-state index < -0.39 is 0 Å². The Kier molecular flexibility index (Phi) is 4.45. The van der Waals surface area contributed by atoms with Gasteiger partial charge in [-0.15, -0.1) is 10.2 Å². The Morgan fingerprint density at radius 2 is 1.84 bits per heavy atom. The van der Waals surface area contributed by atoms with Gasteiger partial charge in [-0.25, -0.2) is 4.39 Å². The van der Waals surface area contributed by atoms with Crippen molar-refractivity contribution in [2.75, 3.05) is 5.75 Å². The molecule has 0 amide bonds. The Bertz CT molecular complexity index is 1280. The third kappa shape index (κ3) is 3.47. The van der Waals surface area contributed by atoms with Crippen molar-refractivity contribution in [3.8, 4) is 11.3 Å². The number of aromatic amines is 1. The minimum Gasteiger partial charge on any atom is -0.354 e. The third-order valence-electron chi connectivity index (χ3n) is 6.00. The van der Waals surface area contributed by atoms with Gasteiger partial charge in [0.15, 0.2) is 10.9 Å². The van der Waals surface area contributed by atoms with E-state index in [-0.39, 0.29) is 17.4 Å². The van der Waals surface area contributed by atoms with Crippen molar-refractivity contribution in [3.05, 3.63) is 65.7 Å². The summed E-state index contributed by atoms with van der Waals surface area (Å²) in [4.78, 5) is 16.8. The lowest BCUT2D eigenvalue weighted by Gasteiger charge is -2.08. The van der Waals surface area contributed by atoms with E-state index in [9.17, 15) is 9.18 Å². The van der Waals surface area contributed by atoms with Crippen molar-refractivity contribution in [2.24, 2.45) is 0 Å². The van der Waals surface area contributed by atoms with E-state index in [4.69, 9.17) is 0 Å². The molecule has 2 saturated carbocycles. The van der Waals surface area contributed by atoms with Crippen LogP contribution in [0, 0.1) is 5.82 Å². The molecule has 0 atom stereocenters. The highest BCUT2D eigenvalue weighted by Gasteiger charge is 2.36. The zero-order valence-corrected chi connectivity index (χ0v) is 17.7. The largest absolute Gasteiger partial charge is 0.354 e. The van der Waals surface area contributed by atoms with Crippen LogP contribution in [0.4, 0.5) is 4.39 Å². The lowest BCUT2D eigenvalue weighted by molar-refractivity contribution is 0.102. The lowest BCUT2D eigenvalue weighted by Crippen LogP contribution is -2.07. The van der Waals surface area contributed by atoms with Crippen LogP contribution in [0.25, 0.3) is 22.2 Å². The molecular formula is C24H21FN4OS. The molecule has 0 unspecified atom stereocenters. The Morgan fingerprint density at radius 1 is 1.06 bits per heavy atom. The average molecular weight is 433 g/mol. The molecule has 2 aliphatic carbocycles. The van der Waals surface area contributed by atoms with Crippen LogP contribution in [0.5, 0.6) is 0 Å². The summed E-state index contributed by atoms with van der Waals surface area (Å²) in [6.45, 7) is 0. The standard InChI is InChI=1S/C24H21FN4OS/c25-16-9-7-14(8-10-16)22-21(18-3-1-2-4-19(18)26-22)20(30)13-31-24-28-27-23(15-5-6-15)29(24)17-11-12-17/h1-4,7-10,15,17,26H,5-6,11-13H2. The number of carbonyl (C=O) groups is 1. The molecule has 31 heavy (non-hydrogen) atoms. The molecule has 5 nitrogen and oxygen atoms in total. The first-order valence-corrected chi connectivity index (χ1v) is 11.6. The number of hydrogen-bond donors (Lipinski definition) is 1. The lowest BCUT2D eigenvalue weighted by atomic mass is 10.0. The summed E-state index contributed by atoms with van der Waals surface area (Å²) in [6.07, 6.45) is 4.70. The summed E-state index contributed by atoms with van der Waals surface area (Å²) in [5.74, 6) is 1.65. The zero-order valence-electron chi connectivity index (χ0n) is 16.8. The monoisotopic (exact) mass is 432 g/mol. The maximum Gasteiger partial charge on any atom is 0.191 e. The highest BCUT2D eigenvalue weighted by atomic mass is 32.2. The molecule has 0 bridgehead atoms. The van der Waals surface area contributed by atoms with Crippen LogP contribution in [0.2, 0.25) is 0 Å². The first-order valence-electron chi connectivity index (χ1n) is 10.7. The molecule has 156 valence electrons.